The number of hydrogen-bond donors (Lipinski definition) is 0. The van der Waals surface area contributed by atoms with E-state index in [1.165, 1.54) is 31.2 Å². The van der Waals surface area contributed by atoms with E-state index < -0.39 is 0 Å². The monoisotopic (exact) mass is 229 g/mol. The summed E-state index contributed by atoms with van der Waals surface area (Å²) < 4.78 is 0. The first kappa shape index (κ1) is 12.4. The zero-order chi connectivity index (χ0) is 12.1. The zero-order valence-corrected chi connectivity index (χ0v) is 10.9. The molecule has 0 N–H and O–H groups in total. The molecule has 17 heavy (non-hydrogen) atoms. The van der Waals surface area contributed by atoms with Crippen LogP contribution in [0.5, 0.6) is 0 Å². The fourth-order valence-electron chi connectivity index (χ4n) is 2.99. The van der Waals surface area contributed by atoms with Gasteiger partial charge in [-0.3, -0.25) is 0 Å². The van der Waals surface area contributed by atoms with Gasteiger partial charge in [0.25, 0.3) is 0 Å². The van der Waals surface area contributed by atoms with Crippen molar-refractivity contribution in [1.29, 1.82) is 0 Å². The number of nitrogens with zero attached hydrogens (tertiary/aromatic N) is 1. The van der Waals surface area contributed by atoms with Gasteiger partial charge in [-0.05, 0) is 25.5 Å². The predicted molar refractivity (Wildman–Crippen MR) is 73.9 cm³/mol. The smallest absolute Gasteiger partial charge is 0.0231 e. The Morgan fingerprint density at radius 2 is 1.88 bits per heavy atom. The van der Waals surface area contributed by atoms with Crippen LogP contribution in [0.4, 0.5) is 0 Å². The molecule has 0 amide bonds. The first-order valence-electron chi connectivity index (χ1n) is 6.60. The second kappa shape index (κ2) is 5.50. The molecule has 1 saturated carbocycles. The van der Waals surface area contributed by atoms with Crippen LogP contribution in [0.2, 0.25) is 0 Å². The van der Waals surface area contributed by atoms with Crippen LogP contribution in [0.1, 0.15) is 31.2 Å². The summed E-state index contributed by atoms with van der Waals surface area (Å²) in [4.78, 5) is 2.43. The Labute approximate surface area is 105 Å². The molecule has 0 bridgehead atoms. The molecule has 0 aromatic heterocycles. The molecule has 1 heteroatoms. The fourth-order valence-corrected chi connectivity index (χ4v) is 2.99. The highest BCUT2D eigenvalue weighted by atomic mass is 15.1. The maximum Gasteiger partial charge on any atom is 0.0231 e. The lowest BCUT2D eigenvalue weighted by atomic mass is 9.86. The number of hydrogen-bond acceptors (Lipinski definition) is 1. The van der Waals surface area contributed by atoms with Crippen molar-refractivity contribution in [2.75, 3.05) is 13.6 Å². The minimum absolute atomic E-state index is 0.379. The standard InChI is InChI=1S/C16H23N/c1-3-16(11-7-8-12-16)14-17(2)13-15-9-5-4-6-10-15/h3-6,9-10H,1,7-8,11-14H2,2H3. The van der Waals surface area contributed by atoms with Gasteiger partial charge >= 0.3 is 0 Å². The van der Waals surface area contributed by atoms with E-state index in [2.05, 4.69) is 54.9 Å². The van der Waals surface area contributed by atoms with Gasteiger partial charge in [-0.1, -0.05) is 49.2 Å². The molecular formula is C16H23N. The van der Waals surface area contributed by atoms with Gasteiger partial charge in [0.15, 0.2) is 0 Å². The molecule has 0 spiro atoms. The van der Waals surface area contributed by atoms with Crippen molar-refractivity contribution < 1.29 is 0 Å². The number of rotatable bonds is 5. The molecule has 1 aliphatic carbocycles. The van der Waals surface area contributed by atoms with E-state index in [1.54, 1.807) is 0 Å². The van der Waals surface area contributed by atoms with Crippen molar-refractivity contribution in [3.8, 4) is 0 Å². The average molecular weight is 229 g/mol. The van der Waals surface area contributed by atoms with Crippen LogP contribution >= 0.6 is 0 Å². The lowest BCUT2D eigenvalue weighted by Gasteiger charge is -2.30. The third-order valence-corrected chi connectivity index (χ3v) is 3.91. The van der Waals surface area contributed by atoms with E-state index in [0.29, 0.717) is 5.41 Å². The first-order chi connectivity index (χ1) is 8.24. The van der Waals surface area contributed by atoms with Gasteiger partial charge in [-0.2, -0.15) is 0 Å². The Balaban J connectivity index is 1.92. The summed E-state index contributed by atoms with van der Waals surface area (Å²) in [5.74, 6) is 0. The van der Waals surface area contributed by atoms with E-state index in [1.807, 2.05) is 0 Å². The highest BCUT2D eigenvalue weighted by Crippen LogP contribution is 2.39. The van der Waals surface area contributed by atoms with Gasteiger partial charge in [-0.25, -0.2) is 0 Å². The molecule has 0 heterocycles. The lowest BCUT2D eigenvalue weighted by Crippen LogP contribution is -2.31. The molecule has 0 saturated heterocycles. The molecule has 1 aromatic rings. The summed E-state index contributed by atoms with van der Waals surface area (Å²) in [6.45, 7) is 6.23. The summed E-state index contributed by atoms with van der Waals surface area (Å²) in [5.41, 5.74) is 1.77. The predicted octanol–water partition coefficient (Wildman–Crippen LogP) is 3.86. The third-order valence-electron chi connectivity index (χ3n) is 3.91. The minimum Gasteiger partial charge on any atom is -0.301 e. The van der Waals surface area contributed by atoms with Crippen LogP contribution in [0, 0.1) is 5.41 Å². The second-order valence-electron chi connectivity index (χ2n) is 5.43. The molecule has 1 nitrogen and oxygen atoms in total. The number of benzene rings is 1. The van der Waals surface area contributed by atoms with Gasteiger partial charge in [0.1, 0.15) is 0 Å². The zero-order valence-electron chi connectivity index (χ0n) is 10.9. The Kier molecular flexibility index (Phi) is 4.01. The van der Waals surface area contributed by atoms with Gasteiger partial charge < -0.3 is 4.90 Å². The molecule has 92 valence electrons. The van der Waals surface area contributed by atoms with Crippen LogP contribution in [0.15, 0.2) is 43.0 Å². The lowest BCUT2D eigenvalue weighted by molar-refractivity contribution is 0.217. The van der Waals surface area contributed by atoms with Crippen molar-refractivity contribution in [3.63, 3.8) is 0 Å². The van der Waals surface area contributed by atoms with Crippen molar-refractivity contribution in [1.82, 2.24) is 4.90 Å². The van der Waals surface area contributed by atoms with E-state index in [4.69, 9.17) is 0 Å². The van der Waals surface area contributed by atoms with Gasteiger partial charge in [0.05, 0.1) is 0 Å². The summed E-state index contributed by atoms with van der Waals surface area (Å²) in [5, 5.41) is 0. The quantitative estimate of drug-likeness (QED) is 0.693. The molecular weight excluding hydrogens is 206 g/mol. The van der Waals surface area contributed by atoms with Crippen molar-refractivity contribution in [2.45, 2.75) is 32.2 Å². The average Bonchev–Trinajstić information content (AvgIpc) is 2.79. The molecule has 0 radical (unpaired) electrons. The Morgan fingerprint density at radius 3 is 2.47 bits per heavy atom. The fraction of sp³-hybridized carbons (Fsp3) is 0.500. The Hall–Kier alpha value is -1.08. The van der Waals surface area contributed by atoms with E-state index in [9.17, 15) is 0 Å². The summed E-state index contributed by atoms with van der Waals surface area (Å²) in [7, 11) is 2.22. The largest absolute Gasteiger partial charge is 0.301 e. The minimum atomic E-state index is 0.379. The Bertz CT molecular complexity index is 349. The van der Waals surface area contributed by atoms with Crippen LogP contribution < -0.4 is 0 Å². The van der Waals surface area contributed by atoms with Crippen LogP contribution in [-0.2, 0) is 6.54 Å². The van der Waals surface area contributed by atoms with Crippen LogP contribution in [0.25, 0.3) is 0 Å². The van der Waals surface area contributed by atoms with E-state index in [0.717, 1.165) is 13.1 Å². The van der Waals surface area contributed by atoms with E-state index in [-0.39, 0.29) is 0 Å². The van der Waals surface area contributed by atoms with E-state index >= 15 is 0 Å². The Morgan fingerprint density at radius 1 is 1.24 bits per heavy atom. The van der Waals surface area contributed by atoms with Gasteiger partial charge in [0, 0.05) is 18.5 Å². The molecule has 0 aliphatic heterocycles. The topological polar surface area (TPSA) is 3.24 Å². The first-order valence-corrected chi connectivity index (χ1v) is 6.60. The summed E-state index contributed by atoms with van der Waals surface area (Å²) in [6.07, 6.45) is 7.56. The highest BCUT2D eigenvalue weighted by Gasteiger charge is 2.31. The van der Waals surface area contributed by atoms with Crippen molar-refractivity contribution >= 4 is 0 Å². The van der Waals surface area contributed by atoms with Crippen molar-refractivity contribution in [3.05, 3.63) is 48.6 Å². The third kappa shape index (κ3) is 3.19. The summed E-state index contributed by atoms with van der Waals surface area (Å²) in [6, 6.07) is 10.7. The molecule has 0 atom stereocenters. The van der Waals surface area contributed by atoms with Crippen molar-refractivity contribution in [2.24, 2.45) is 5.41 Å². The normalized spacial score (nSPS) is 18.5. The summed E-state index contributed by atoms with van der Waals surface area (Å²) >= 11 is 0. The maximum absolute atomic E-state index is 4.05. The second-order valence-corrected chi connectivity index (χ2v) is 5.43. The highest BCUT2D eigenvalue weighted by molar-refractivity contribution is 5.14. The van der Waals surface area contributed by atoms with Gasteiger partial charge in [-0.15, -0.1) is 6.58 Å². The van der Waals surface area contributed by atoms with Gasteiger partial charge in [0.2, 0.25) is 0 Å². The molecule has 2 rings (SSSR count). The maximum atomic E-state index is 4.05. The van der Waals surface area contributed by atoms with Crippen LogP contribution in [0.3, 0.4) is 0 Å². The molecule has 1 fully saturated rings. The molecule has 1 aromatic carbocycles. The van der Waals surface area contributed by atoms with Crippen LogP contribution in [-0.4, -0.2) is 18.5 Å². The molecule has 0 unspecified atom stereocenters. The SMILES string of the molecule is C=CC1(CN(C)Cc2ccccc2)CCCC1. The molecule has 1 aliphatic rings.